The van der Waals surface area contributed by atoms with Crippen molar-refractivity contribution in [1.29, 1.82) is 0 Å². The maximum absolute atomic E-state index is 10.8. The number of ether oxygens (including phenoxy) is 2. The SMILES string of the molecule is O=C(O)c1ccc(-c2ccc3c(c2)OCCCO3)nc1. The molecule has 0 amide bonds. The number of carboxylic acid groups (broad SMARTS) is 1. The lowest BCUT2D eigenvalue weighted by molar-refractivity contribution is 0.0696. The lowest BCUT2D eigenvalue weighted by Gasteiger charge is -2.09. The summed E-state index contributed by atoms with van der Waals surface area (Å²) in [6.45, 7) is 1.28. The molecule has 0 saturated heterocycles. The van der Waals surface area contributed by atoms with E-state index in [0.717, 1.165) is 17.7 Å². The molecule has 0 radical (unpaired) electrons. The maximum Gasteiger partial charge on any atom is 0.337 e. The van der Waals surface area contributed by atoms with Crippen LogP contribution in [0.5, 0.6) is 11.5 Å². The number of aromatic carboxylic acids is 1. The number of aromatic nitrogens is 1. The van der Waals surface area contributed by atoms with E-state index in [4.69, 9.17) is 14.6 Å². The number of hydrogen-bond donors (Lipinski definition) is 1. The predicted molar refractivity (Wildman–Crippen MR) is 72.2 cm³/mol. The first-order valence-electron chi connectivity index (χ1n) is 6.33. The van der Waals surface area contributed by atoms with Crippen molar-refractivity contribution in [3.05, 3.63) is 42.1 Å². The van der Waals surface area contributed by atoms with Crippen LogP contribution in [0.2, 0.25) is 0 Å². The molecule has 1 aliphatic rings. The van der Waals surface area contributed by atoms with E-state index < -0.39 is 5.97 Å². The smallest absolute Gasteiger partial charge is 0.337 e. The highest BCUT2D eigenvalue weighted by Crippen LogP contribution is 2.33. The summed E-state index contributed by atoms with van der Waals surface area (Å²) in [4.78, 5) is 15.0. The number of fused-ring (bicyclic) bond motifs is 1. The number of rotatable bonds is 2. The molecule has 0 unspecified atom stereocenters. The van der Waals surface area contributed by atoms with Gasteiger partial charge in [-0.05, 0) is 30.3 Å². The number of benzene rings is 1. The zero-order valence-electron chi connectivity index (χ0n) is 10.7. The first-order chi connectivity index (χ1) is 9.74. The number of nitrogens with zero attached hydrogens (tertiary/aromatic N) is 1. The van der Waals surface area contributed by atoms with Crippen LogP contribution in [0.4, 0.5) is 0 Å². The van der Waals surface area contributed by atoms with E-state index in [0.29, 0.717) is 24.7 Å². The summed E-state index contributed by atoms with van der Waals surface area (Å²) in [5.74, 6) is 0.445. The summed E-state index contributed by atoms with van der Waals surface area (Å²) in [7, 11) is 0. The van der Waals surface area contributed by atoms with Crippen LogP contribution in [0.1, 0.15) is 16.8 Å². The minimum absolute atomic E-state index is 0.170. The Morgan fingerprint density at radius 3 is 2.60 bits per heavy atom. The average Bonchev–Trinajstić information content (AvgIpc) is 2.71. The second kappa shape index (κ2) is 5.21. The van der Waals surface area contributed by atoms with Gasteiger partial charge in [-0.3, -0.25) is 4.98 Å². The third-order valence-electron chi connectivity index (χ3n) is 3.05. The fourth-order valence-electron chi connectivity index (χ4n) is 2.01. The van der Waals surface area contributed by atoms with Crippen LogP contribution in [0, 0.1) is 0 Å². The van der Waals surface area contributed by atoms with Gasteiger partial charge >= 0.3 is 5.97 Å². The molecule has 0 atom stereocenters. The molecule has 1 aliphatic heterocycles. The first kappa shape index (κ1) is 12.5. The quantitative estimate of drug-likeness (QED) is 0.909. The van der Waals surface area contributed by atoms with Gasteiger partial charge in [-0.2, -0.15) is 0 Å². The molecule has 3 rings (SSSR count). The number of hydrogen-bond acceptors (Lipinski definition) is 4. The lowest BCUT2D eigenvalue weighted by Crippen LogP contribution is -1.97. The zero-order valence-corrected chi connectivity index (χ0v) is 10.7. The molecule has 20 heavy (non-hydrogen) atoms. The molecule has 1 N–H and O–H groups in total. The number of carbonyl (C=O) groups is 1. The van der Waals surface area contributed by atoms with Gasteiger partial charge in [0.05, 0.1) is 24.5 Å². The van der Waals surface area contributed by atoms with E-state index in [2.05, 4.69) is 4.98 Å². The van der Waals surface area contributed by atoms with E-state index in [1.54, 1.807) is 6.07 Å². The molecule has 0 saturated carbocycles. The van der Waals surface area contributed by atoms with Crippen molar-refractivity contribution in [3.63, 3.8) is 0 Å². The van der Waals surface area contributed by atoms with Crippen LogP contribution < -0.4 is 9.47 Å². The second-order valence-electron chi connectivity index (χ2n) is 4.45. The van der Waals surface area contributed by atoms with E-state index in [1.807, 2.05) is 18.2 Å². The lowest BCUT2D eigenvalue weighted by atomic mass is 10.1. The van der Waals surface area contributed by atoms with Crippen LogP contribution in [0.15, 0.2) is 36.5 Å². The molecule has 0 fully saturated rings. The monoisotopic (exact) mass is 271 g/mol. The highest BCUT2D eigenvalue weighted by Gasteiger charge is 2.12. The zero-order chi connectivity index (χ0) is 13.9. The van der Waals surface area contributed by atoms with Gasteiger partial charge < -0.3 is 14.6 Å². The van der Waals surface area contributed by atoms with Crippen LogP contribution in [0.25, 0.3) is 11.3 Å². The van der Waals surface area contributed by atoms with Gasteiger partial charge in [0.1, 0.15) is 0 Å². The maximum atomic E-state index is 10.8. The molecule has 1 aromatic heterocycles. The fraction of sp³-hybridized carbons (Fsp3) is 0.200. The second-order valence-corrected chi connectivity index (χ2v) is 4.45. The Labute approximate surface area is 115 Å². The molecule has 2 heterocycles. The largest absolute Gasteiger partial charge is 0.490 e. The third kappa shape index (κ3) is 2.42. The minimum atomic E-state index is -0.984. The van der Waals surface area contributed by atoms with Crippen molar-refractivity contribution in [3.8, 4) is 22.8 Å². The van der Waals surface area contributed by atoms with Crippen LogP contribution >= 0.6 is 0 Å². The highest BCUT2D eigenvalue weighted by molar-refractivity contribution is 5.87. The van der Waals surface area contributed by atoms with Gasteiger partial charge in [0.15, 0.2) is 11.5 Å². The van der Waals surface area contributed by atoms with Crippen LogP contribution in [-0.2, 0) is 0 Å². The van der Waals surface area contributed by atoms with Gasteiger partial charge in [-0.25, -0.2) is 4.79 Å². The summed E-state index contributed by atoms with van der Waals surface area (Å²) in [5, 5.41) is 8.86. The molecule has 5 heteroatoms. The van der Waals surface area contributed by atoms with Gasteiger partial charge in [0, 0.05) is 18.2 Å². The van der Waals surface area contributed by atoms with Crippen molar-refractivity contribution in [2.24, 2.45) is 0 Å². The van der Waals surface area contributed by atoms with Crippen molar-refractivity contribution in [2.45, 2.75) is 6.42 Å². The van der Waals surface area contributed by atoms with Crippen molar-refractivity contribution < 1.29 is 19.4 Å². The Balaban J connectivity index is 1.94. The molecule has 0 bridgehead atoms. The molecule has 0 spiro atoms. The van der Waals surface area contributed by atoms with E-state index in [1.165, 1.54) is 12.3 Å². The van der Waals surface area contributed by atoms with Gasteiger partial charge in [-0.1, -0.05) is 0 Å². The number of pyridine rings is 1. The average molecular weight is 271 g/mol. The van der Waals surface area contributed by atoms with Crippen LogP contribution in [0.3, 0.4) is 0 Å². The topological polar surface area (TPSA) is 68.7 Å². The molecule has 1 aromatic carbocycles. The van der Waals surface area contributed by atoms with Gasteiger partial charge in [0.2, 0.25) is 0 Å². The normalized spacial score (nSPS) is 13.6. The third-order valence-corrected chi connectivity index (χ3v) is 3.05. The Morgan fingerprint density at radius 1 is 1.10 bits per heavy atom. The fourth-order valence-corrected chi connectivity index (χ4v) is 2.01. The van der Waals surface area contributed by atoms with E-state index >= 15 is 0 Å². The molecule has 2 aromatic rings. The molecule has 5 nitrogen and oxygen atoms in total. The van der Waals surface area contributed by atoms with Crippen LogP contribution in [-0.4, -0.2) is 29.3 Å². The van der Waals surface area contributed by atoms with Crippen molar-refractivity contribution >= 4 is 5.97 Å². The van der Waals surface area contributed by atoms with Gasteiger partial charge in [-0.15, -0.1) is 0 Å². The molecular formula is C15H13NO4. The Kier molecular flexibility index (Phi) is 3.25. The molecule has 0 aliphatic carbocycles. The number of carboxylic acids is 1. The van der Waals surface area contributed by atoms with E-state index in [-0.39, 0.29) is 5.56 Å². The molecular weight excluding hydrogens is 258 g/mol. The van der Waals surface area contributed by atoms with E-state index in [9.17, 15) is 4.79 Å². The standard InChI is InChI=1S/C15H13NO4/c17-15(18)11-2-4-12(16-9-11)10-3-5-13-14(8-10)20-7-1-6-19-13/h2-5,8-9H,1,6-7H2,(H,17,18). The summed E-state index contributed by atoms with van der Waals surface area (Å²) < 4.78 is 11.2. The van der Waals surface area contributed by atoms with Crippen molar-refractivity contribution in [1.82, 2.24) is 4.98 Å². The highest BCUT2D eigenvalue weighted by atomic mass is 16.5. The summed E-state index contributed by atoms with van der Waals surface area (Å²) in [6, 6.07) is 8.82. The summed E-state index contributed by atoms with van der Waals surface area (Å²) in [6.07, 6.45) is 2.20. The van der Waals surface area contributed by atoms with Gasteiger partial charge in [0.25, 0.3) is 0 Å². The summed E-state index contributed by atoms with van der Waals surface area (Å²) >= 11 is 0. The molecule has 102 valence electrons. The summed E-state index contributed by atoms with van der Waals surface area (Å²) in [5.41, 5.74) is 1.74. The predicted octanol–water partition coefficient (Wildman–Crippen LogP) is 2.61. The van der Waals surface area contributed by atoms with Crippen molar-refractivity contribution in [2.75, 3.05) is 13.2 Å². The first-order valence-corrected chi connectivity index (χ1v) is 6.33. The minimum Gasteiger partial charge on any atom is -0.490 e. The Bertz CT molecular complexity index is 637. The Morgan fingerprint density at radius 2 is 1.90 bits per heavy atom. The Hall–Kier alpha value is -2.56.